The quantitative estimate of drug-likeness (QED) is 0.592. The number of ether oxygens (including phenoxy) is 3. The number of halogens is 1. The first kappa shape index (κ1) is 21.1. The van der Waals surface area contributed by atoms with Gasteiger partial charge in [0.05, 0.1) is 10.9 Å². The van der Waals surface area contributed by atoms with Crippen molar-refractivity contribution in [3.05, 3.63) is 54.1 Å². The summed E-state index contributed by atoms with van der Waals surface area (Å²) < 4.78 is 59.7. The van der Waals surface area contributed by atoms with Gasteiger partial charge in [-0.25, -0.2) is 17.5 Å². The number of aromatic nitrogens is 3. The van der Waals surface area contributed by atoms with E-state index in [1.807, 2.05) is 6.92 Å². The molecule has 1 N–H and O–H groups in total. The fourth-order valence-corrected chi connectivity index (χ4v) is 4.36. The molecule has 31 heavy (non-hydrogen) atoms. The standard InChI is InChI=1S/C20H21FN4O5S/c1-3-25-19(22-23-20(25)30-15-6-4-14(21)5-7-15)13(2)24-31(26,27)16-8-9-17-18(12-16)29-11-10-28-17/h4-9,12-13,24H,3,10-11H2,1-2H3/t13-/m1/s1. The molecule has 11 heteroatoms. The summed E-state index contributed by atoms with van der Waals surface area (Å²) in [4.78, 5) is 0.0500. The summed E-state index contributed by atoms with van der Waals surface area (Å²) in [6.45, 7) is 4.73. The lowest BCUT2D eigenvalue weighted by Crippen LogP contribution is -2.29. The van der Waals surface area contributed by atoms with Crippen LogP contribution in [0.4, 0.5) is 4.39 Å². The van der Waals surface area contributed by atoms with Gasteiger partial charge >= 0.3 is 6.01 Å². The maximum Gasteiger partial charge on any atom is 0.322 e. The smallest absolute Gasteiger partial charge is 0.322 e. The van der Waals surface area contributed by atoms with Crippen LogP contribution in [0.3, 0.4) is 0 Å². The maximum absolute atomic E-state index is 13.1. The van der Waals surface area contributed by atoms with Crippen molar-refractivity contribution >= 4 is 10.0 Å². The van der Waals surface area contributed by atoms with Crippen molar-refractivity contribution in [2.24, 2.45) is 0 Å². The van der Waals surface area contributed by atoms with Crippen LogP contribution in [-0.2, 0) is 16.6 Å². The Balaban J connectivity index is 1.54. The second kappa shape index (κ2) is 8.52. The molecule has 0 aliphatic carbocycles. The van der Waals surface area contributed by atoms with E-state index < -0.39 is 16.1 Å². The van der Waals surface area contributed by atoms with Crippen LogP contribution in [0.15, 0.2) is 47.4 Å². The van der Waals surface area contributed by atoms with Gasteiger partial charge in [0, 0.05) is 12.6 Å². The molecule has 1 aromatic heterocycles. The Labute approximate surface area is 178 Å². The number of fused-ring (bicyclic) bond motifs is 1. The monoisotopic (exact) mass is 448 g/mol. The number of hydrogen-bond donors (Lipinski definition) is 1. The first-order valence-electron chi connectivity index (χ1n) is 9.66. The summed E-state index contributed by atoms with van der Waals surface area (Å²) in [5, 5.41) is 8.10. The Bertz CT molecular complexity index is 1180. The molecule has 3 aromatic rings. The number of benzene rings is 2. The number of nitrogens with zero attached hydrogens (tertiary/aromatic N) is 3. The maximum atomic E-state index is 13.1. The van der Waals surface area contributed by atoms with Crippen molar-refractivity contribution in [3.8, 4) is 23.3 Å². The topological polar surface area (TPSA) is 105 Å². The molecule has 0 spiro atoms. The van der Waals surface area contributed by atoms with Crippen LogP contribution in [-0.4, -0.2) is 36.4 Å². The van der Waals surface area contributed by atoms with Crippen LogP contribution in [0.1, 0.15) is 25.7 Å². The van der Waals surface area contributed by atoms with Gasteiger partial charge in [-0.3, -0.25) is 4.57 Å². The van der Waals surface area contributed by atoms with Gasteiger partial charge in [0.15, 0.2) is 17.3 Å². The van der Waals surface area contributed by atoms with E-state index in [0.29, 0.717) is 42.8 Å². The van der Waals surface area contributed by atoms with Crippen molar-refractivity contribution in [1.82, 2.24) is 19.5 Å². The molecule has 4 rings (SSSR count). The highest BCUT2D eigenvalue weighted by Crippen LogP contribution is 2.32. The average molecular weight is 448 g/mol. The van der Waals surface area contributed by atoms with Crippen molar-refractivity contribution in [3.63, 3.8) is 0 Å². The van der Waals surface area contributed by atoms with E-state index in [-0.39, 0.29) is 16.7 Å². The van der Waals surface area contributed by atoms with Gasteiger partial charge in [0.2, 0.25) is 10.0 Å². The minimum absolute atomic E-state index is 0.0500. The molecule has 1 aliphatic rings. The molecular formula is C20H21FN4O5S. The van der Waals surface area contributed by atoms with E-state index >= 15 is 0 Å². The Hall–Kier alpha value is -3.18. The third kappa shape index (κ3) is 4.47. The van der Waals surface area contributed by atoms with Gasteiger partial charge in [0.25, 0.3) is 0 Å². The normalized spacial score (nSPS) is 14.3. The third-order valence-electron chi connectivity index (χ3n) is 4.63. The highest BCUT2D eigenvalue weighted by Gasteiger charge is 2.25. The molecule has 0 unspecified atom stereocenters. The van der Waals surface area contributed by atoms with Crippen molar-refractivity contribution in [2.75, 3.05) is 13.2 Å². The highest BCUT2D eigenvalue weighted by atomic mass is 32.2. The van der Waals surface area contributed by atoms with E-state index in [1.54, 1.807) is 17.6 Å². The number of rotatable bonds is 7. The van der Waals surface area contributed by atoms with E-state index in [9.17, 15) is 12.8 Å². The van der Waals surface area contributed by atoms with Crippen LogP contribution in [0.2, 0.25) is 0 Å². The zero-order valence-electron chi connectivity index (χ0n) is 16.9. The molecule has 0 saturated heterocycles. The summed E-state index contributed by atoms with van der Waals surface area (Å²) in [5.41, 5.74) is 0. The van der Waals surface area contributed by atoms with E-state index in [1.165, 1.54) is 36.4 Å². The van der Waals surface area contributed by atoms with Gasteiger partial charge in [0.1, 0.15) is 24.8 Å². The zero-order chi connectivity index (χ0) is 22.0. The predicted octanol–water partition coefficient (Wildman–Crippen LogP) is 3.04. The van der Waals surface area contributed by atoms with Crippen molar-refractivity contribution in [1.29, 1.82) is 0 Å². The minimum atomic E-state index is -3.87. The molecule has 9 nitrogen and oxygen atoms in total. The summed E-state index contributed by atoms with van der Waals surface area (Å²) in [6.07, 6.45) is 0. The fraction of sp³-hybridized carbons (Fsp3) is 0.300. The van der Waals surface area contributed by atoms with Gasteiger partial charge in [-0.2, -0.15) is 0 Å². The lowest BCUT2D eigenvalue weighted by molar-refractivity contribution is 0.171. The molecule has 1 aliphatic heterocycles. The van der Waals surface area contributed by atoms with Crippen LogP contribution in [0, 0.1) is 5.82 Å². The Kier molecular flexibility index (Phi) is 5.79. The summed E-state index contributed by atoms with van der Waals surface area (Å²) >= 11 is 0. The minimum Gasteiger partial charge on any atom is -0.486 e. The van der Waals surface area contributed by atoms with Gasteiger partial charge in [-0.1, -0.05) is 5.10 Å². The largest absolute Gasteiger partial charge is 0.486 e. The fourth-order valence-electron chi connectivity index (χ4n) is 3.15. The molecule has 0 saturated carbocycles. The van der Waals surface area contributed by atoms with Crippen LogP contribution >= 0.6 is 0 Å². The second-order valence-corrected chi connectivity index (χ2v) is 8.50. The summed E-state index contributed by atoms with van der Waals surface area (Å²) in [5.74, 6) is 1.27. The predicted molar refractivity (Wildman–Crippen MR) is 108 cm³/mol. The third-order valence-corrected chi connectivity index (χ3v) is 6.17. The lowest BCUT2D eigenvalue weighted by Gasteiger charge is -2.19. The van der Waals surface area contributed by atoms with Crippen LogP contribution < -0.4 is 18.9 Å². The molecular weight excluding hydrogens is 427 g/mol. The molecule has 2 heterocycles. The molecule has 0 fully saturated rings. The number of hydrogen-bond acceptors (Lipinski definition) is 7. The van der Waals surface area contributed by atoms with Crippen molar-refractivity contribution in [2.45, 2.75) is 31.3 Å². The van der Waals surface area contributed by atoms with E-state index in [4.69, 9.17) is 14.2 Å². The van der Waals surface area contributed by atoms with Crippen molar-refractivity contribution < 1.29 is 27.0 Å². The highest BCUT2D eigenvalue weighted by molar-refractivity contribution is 7.89. The first-order chi connectivity index (χ1) is 14.9. The molecule has 0 bridgehead atoms. The van der Waals surface area contributed by atoms with Crippen LogP contribution in [0.25, 0.3) is 0 Å². The Morgan fingerprint density at radius 1 is 1.13 bits per heavy atom. The van der Waals surface area contributed by atoms with Gasteiger partial charge in [-0.15, -0.1) is 5.10 Å². The molecule has 1 atom stereocenters. The van der Waals surface area contributed by atoms with E-state index in [0.717, 1.165) is 0 Å². The second-order valence-electron chi connectivity index (χ2n) is 6.79. The van der Waals surface area contributed by atoms with Crippen LogP contribution in [0.5, 0.6) is 23.3 Å². The molecule has 164 valence electrons. The SMILES string of the molecule is CCn1c(Oc2ccc(F)cc2)nnc1[C@@H](C)NS(=O)(=O)c1ccc2c(c1)OCCO2. The Morgan fingerprint density at radius 3 is 2.55 bits per heavy atom. The average Bonchev–Trinajstić information content (AvgIpc) is 3.17. The van der Waals surface area contributed by atoms with Gasteiger partial charge < -0.3 is 14.2 Å². The lowest BCUT2D eigenvalue weighted by atomic mass is 10.3. The summed E-state index contributed by atoms with van der Waals surface area (Å²) in [7, 11) is -3.87. The van der Waals surface area contributed by atoms with E-state index in [2.05, 4.69) is 14.9 Å². The molecule has 2 aromatic carbocycles. The first-order valence-corrected chi connectivity index (χ1v) is 11.1. The molecule has 0 radical (unpaired) electrons. The van der Waals surface area contributed by atoms with Gasteiger partial charge in [-0.05, 0) is 50.2 Å². The number of nitrogens with one attached hydrogen (secondary N) is 1. The summed E-state index contributed by atoms with van der Waals surface area (Å²) in [6, 6.07) is 9.41. The number of sulfonamides is 1. The molecule has 0 amide bonds. The Morgan fingerprint density at radius 2 is 1.84 bits per heavy atom. The zero-order valence-corrected chi connectivity index (χ0v) is 17.7.